The largest absolute Gasteiger partial charge is 0.481 e. The van der Waals surface area contributed by atoms with E-state index in [-0.39, 0.29) is 41.2 Å². The van der Waals surface area contributed by atoms with Crippen molar-refractivity contribution in [1.82, 2.24) is 15.3 Å². The van der Waals surface area contributed by atoms with Gasteiger partial charge in [-0.15, -0.1) is 0 Å². The molecule has 0 aromatic carbocycles. The lowest BCUT2D eigenvalue weighted by Gasteiger charge is -2.19. The minimum absolute atomic E-state index is 0.0258. The van der Waals surface area contributed by atoms with Crippen molar-refractivity contribution in [2.24, 2.45) is 22.7 Å². The van der Waals surface area contributed by atoms with Gasteiger partial charge in [-0.3, -0.25) is 14.6 Å². The number of carboxylic acids is 3. The molecule has 0 saturated heterocycles. The van der Waals surface area contributed by atoms with Crippen LogP contribution in [0.25, 0.3) is 29.9 Å². The molecule has 10 nitrogen and oxygen atoms in total. The van der Waals surface area contributed by atoms with Crippen LogP contribution in [-0.2, 0) is 9.59 Å². The van der Waals surface area contributed by atoms with Crippen LogP contribution in [0, 0.1) is 31.6 Å². The van der Waals surface area contributed by atoms with Crippen LogP contribution in [0.1, 0.15) is 84.9 Å². The van der Waals surface area contributed by atoms with E-state index in [2.05, 4.69) is 41.8 Å². The fraction of sp³-hybridized carbons (Fsp3) is 0.353. The molecule has 10 heteroatoms. The van der Waals surface area contributed by atoms with Crippen molar-refractivity contribution < 1.29 is 29.7 Å². The standard InChI is InChI=1S/C34H38N4O6/c1-7-19-15(3)23-12-25-17(5)21(9-10-29(39)40)32(37-25)22(11-30(41)42)33-31(34(43)44)18(6)26(38-33)14-28-20(8-2)16(4)24(36-28)13-27(19)35-23/h7,12-14,16-17,21,35-36,38H,1,8-11H2,2-6H3,(H,39,40)(H,41,42)(H,43,44)/t16?,17-,21+/m1/s1. The molecule has 1 unspecified atom stereocenters. The number of aliphatic imine (C=N–C) groups is 1. The van der Waals surface area contributed by atoms with Crippen LogP contribution in [0.5, 0.6) is 0 Å². The fourth-order valence-electron chi connectivity index (χ4n) is 6.77. The van der Waals surface area contributed by atoms with E-state index in [4.69, 9.17) is 4.99 Å². The Morgan fingerprint density at radius 2 is 1.73 bits per heavy atom. The number of aromatic amines is 2. The number of hydrogen-bond acceptors (Lipinski definition) is 5. The van der Waals surface area contributed by atoms with Crippen molar-refractivity contribution in [2.45, 2.75) is 60.3 Å². The van der Waals surface area contributed by atoms with Crippen LogP contribution < -0.4 is 16.0 Å². The lowest BCUT2D eigenvalue weighted by molar-refractivity contribution is -0.137. The van der Waals surface area contributed by atoms with Gasteiger partial charge < -0.3 is 30.6 Å². The maximum absolute atomic E-state index is 12.7. The van der Waals surface area contributed by atoms with Gasteiger partial charge in [-0.1, -0.05) is 33.4 Å². The summed E-state index contributed by atoms with van der Waals surface area (Å²) < 4.78 is 0. The summed E-state index contributed by atoms with van der Waals surface area (Å²) in [5.74, 6) is -3.94. The van der Waals surface area contributed by atoms with Crippen LogP contribution in [0.2, 0.25) is 0 Å². The Balaban J connectivity index is 1.93. The molecule has 2 aromatic heterocycles. The van der Waals surface area contributed by atoms with E-state index in [1.165, 1.54) is 0 Å². The van der Waals surface area contributed by atoms with Gasteiger partial charge in [0.1, 0.15) is 0 Å². The van der Waals surface area contributed by atoms with Crippen molar-refractivity contribution in [3.63, 3.8) is 0 Å². The normalized spacial score (nSPS) is 20.9. The number of rotatable bonds is 8. The predicted octanol–water partition coefficient (Wildman–Crippen LogP) is 4.58. The smallest absolute Gasteiger partial charge is 0.338 e. The highest BCUT2D eigenvalue weighted by atomic mass is 16.4. The molecule has 0 spiro atoms. The van der Waals surface area contributed by atoms with Gasteiger partial charge in [0, 0.05) is 69.1 Å². The number of allylic oxidation sites excluding steroid dienone is 3. The zero-order valence-corrected chi connectivity index (χ0v) is 25.6. The van der Waals surface area contributed by atoms with E-state index in [1.807, 2.05) is 32.1 Å². The second-order valence-electron chi connectivity index (χ2n) is 11.7. The molecule has 230 valence electrons. The Morgan fingerprint density at radius 1 is 1.00 bits per heavy atom. The molecular weight excluding hydrogens is 560 g/mol. The van der Waals surface area contributed by atoms with E-state index in [0.717, 1.165) is 45.9 Å². The highest BCUT2D eigenvalue weighted by molar-refractivity contribution is 6.24. The number of H-pyrrole nitrogens is 2. The number of aromatic nitrogens is 2. The number of fused-ring (bicyclic) bond motifs is 7. The van der Waals surface area contributed by atoms with Gasteiger partial charge in [0.2, 0.25) is 0 Å². The first-order chi connectivity index (χ1) is 20.9. The third-order valence-electron chi connectivity index (χ3n) is 9.23. The van der Waals surface area contributed by atoms with Gasteiger partial charge in [-0.2, -0.15) is 0 Å². The van der Waals surface area contributed by atoms with Gasteiger partial charge in [0.25, 0.3) is 0 Å². The van der Waals surface area contributed by atoms with E-state index >= 15 is 0 Å². The summed E-state index contributed by atoms with van der Waals surface area (Å²) in [5, 5.41) is 34.2. The molecule has 2 aromatic rings. The summed E-state index contributed by atoms with van der Waals surface area (Å²) >= 11 is 0. The number of aliphatic carboxylic acids is 2. The summed E-state index contributed by atoms with van der Waals surface area (Å²) in [6, 6.07) is 0. The second kappa shape index (κ2) is 11.7. The van der Waals surface area contributed by atoms with Crippen LogP contribution >= 0.6 is 0 Å². The zero-order chi connectivity index (χ0) is 32.0. The molecule has 3 aliphatic heterocycles. The highest BCUT2D eigenvalue weighted by Gasteiger charge is 2.36. The highest BCUT2D eigenvalue weighted by Crippen LogP contribution is 2.39. The monoisotopic (exact) mass is 598 g/mol. The summed E-state index contributed by atoms with van der Waals surface area (Å²) in [7, 11) is 0. The Labute approximate surface area is 255 Å². The topological polar surface area (TPSA) is 168 Å². The molecule has 44 heavy (non-hydrogen) atoms. The van der Waals surface area contributed by atoms with Crippen molar-refractivity contribution in [1.29, 1.82) is 0 Å². The molecule has 0 fully saturated rings. The summed E-state index contributed by atoms with van der Waals surface area (Å²) in [6.07, 6.45) is 8.05. The van der Waals surface area contributed by atoms with Crippen molar-refractivity contribution in [2.75, 3.05) is 0 Å². The van der Waals surface area contributed by atoms with Crippen molar-refractivity contribution >= 4 is 53.5 Å². The second-order valence-corrected chi connectivity index (χ2v) is 11.7. The van der Waals surface area contributed by atoms with Gasteiger partial charge in [0.05, 0.1) is 23.0 Å². The number of aromatic carboxylic acids is 1. The number of nitrogens with zero attached hydrogens (tertiary/aromatic N) is 1. The van der Waals surface area contributed by atoms with Gasteiger partial charge >= 0.3 is 17.9 Å². The third-order valence-corrected chi connectivity index (χ3v) is 9.23. The first-order valence-corrected chi connectivity index (χ1v) is 14.8. The minimum Gasteiger partial charge on any atom is -0.481 e. The van der Waals surface area contributed by atoms with Gasteiger partial charge in [0.15, 0.2) is 0 Å². The van der Waals surface area contributed by atoms with Crippen molar-refractivity contribution in [3.05, 3.63) is 73.6 Å². The number of carboxylic acid groups (broad SMARTS) is 3. The fourth-order valence-corrected chi connectivity index (χ4v) is 6.77. The van der Waals surface area contributed by atoms with E-state index in [1.54, 1.807) is 6.92 Å². The van der Waals surface area contributed by atoms with Crippen LogP contribution in [0.4, 0.5) is 0 Å². The first-order valence-electron chi connectivity index (χ1n) is 14.8. The Kier molecular flexibility index (Phi) is 8.11. The van der Waals surface area contributed by atoms with Crippen LogP contribution in [-0.4, -0.2) is 48.9 Å². The van der Waals surface area contributed by atoms with E-state index in [9.17, 15) is 29.7 Å². The molecule has 8 bridgehead atoms. The van der Waals surface area contributed by atoms with E-state index in [0.29, 0.717) is 22.3 Å². The third kappa shape index (κ3) is 5.25. The predicted molar refractivity (Wildman–Crippen MR) is 170 cm³/mol. The molecule has 0 amide bonds. The molecule has 3 aliphatic rings. The Bertz CT molecular complexity index is 1860. The SMILES string of the molecule is C=Cc1c2[nH]c(c1C)C=C1N=C(C(CC(=O)O)=c3[nH]c(c(C)c3C(=O)O)=CC3=C(CC)C(C)C(=C2)N3)[C@@H](CCC(=O)O)[C@H]1C. The molecule has 5 rings (SSSR count). The molecule has 6 N–H and O–H groups in total. The maximum Gasteiger partial charge on any atom is 0.338 e. The quantitative estimate of drug-likeness (QED) is 0.259. The van der Waals surface area contributed by atoms with Gasteiger partial charge in [-0.05, 0) is 61.6 Å². The Morgan fingerprint density at radius 3 is 2.34 bits per heavy atom. The average Bonchev–Trinajstić information content (AvgIpc) is 3.63. The maximum atomic E-state index is 12.7. The van der Waals surface area contributed by atoms with E-state index < -0.39 is 30.2 Å². The van der Waals surface area contributed by atoms with Crippen LogP contribution in [0.3, 0.4) is 0 Å². The minimum atomic E-state index is -1.19. The summed E-state index contributed by atoms with van der Waals surface area (Å²) in [5.41, 5.74) is 8.32. The Hall–Kier alpha value is -4.86. The molecular formula is C34H38N4O6. The molecule has 3 atom stereocenters. The lowest BCUT2D eigenvalue weighted by Crippen LogP contribution is -2.28. The summed E-state index contributed by atoms with van der Waals surface area (Å²) in [6.45, 7) is 13.9. The van der Waals surface area contributed by atoms with Crippen LogP contribution in [0.15, 0.2) is 34.2 Å². The summed E-state index contributed by atoms with van der Waals surface area (Å²) in [4.78, 5) is 48.3. The van der Waals surface area contributed by atoms with Crippen molar-refractivity contribution in [3.8, 4) is 0 Å². The molecule has 0 saturated carbocycles. The first kappa shape index (κ1) is 30.6. The van der Waals surface area contributed by atoms with Gasteiger partial charge in [-0.25, -0.2) is 4.79 Å². The molecule has 0 radical (unpaired) electrons. The average molecular weight is 599 g/mol. The lowest BCUT2D eigenvalue weighted by atomic mass is 9.82. The number of hydrogen-bond donors (Lipinski definition) is 6. The molecule has 0 aliphatic carbocycles. The number of carbonyl (C=O) groups is 3. The number of nitrogens with one attached hydrogen (secondary N) is 3. The molecule has 5 heterocycles. The zero-order valence-electron chi connectivity index (χ0n) is 25.6.